The van der Waals surface area contributed by atoms with Gasteiger partial charge in [-0.3, -0.25) is 19.5 Å². The van der Waals surface area contributed by atoms with Crippen LogP contribution in [0.3, 0.4) is 0 Å². The number of hydrogen-bond donors (Lipinski definition) is 1. The number of methoxy groups -OCH3 is 1. The Hall–Kier alpha value is -1.99. The molecule has 47 heavy (non-hydrogen) atoms. The molecule has 268 valence electrons. The molecule has 2 aliphatic heterocycles. The Morgan fingerprint density at radius 1 is 1.09 bits per heavy atom. The number of nitrogens with zero attached hydrogens (tertiary/aromatic N) is 4. The van der Waals surface area contributed by atoms with Crippen LogP contribution in [0.25, 0.3) is 0 Å². The summed E-state index contributed by atoms with van der Waals surface area (Å²) in [5.74, 6) is -1.44. The predicted octanol–water partition coefficient (Wildman–Crippen LogP) is 3.28. The first-order valence-electron chi connectivity index (χ1n) is 17.3. The number of ether oxygens (including phenoxy) is 4. The Morgan fingerprint density at radius 3 is 2.40 bits per heavy atom. The second kappa shape index (κ2) is 17.6. The normalized spacial score (nSPS) is 34.6. The second-order valence-electron chi connectivity index (χ2n) is 14.9. The molecule has 1 N–H and O–H groups in total. The number of aliphatic hydroxyl groups is 1. The summed E-state index contributed by atoms with van der Waals surface area (Å²) in [6, 6.07) is 3.87. The molecule has 3 rings (SSSR count). The first-order chi connectivity index (χ1) is 22.1. The number of rotatable bonds is 7. The van der Waals surface area contributed by atoms with Gasteiger partial charge in [-0.15, -0.1) is 0 Å². The van der Waals surface area contributed by atoms with Gasteiger partial charge in [-0.1, -0.05) is 13.8 Å². The number of likely N-dealkylation sites (N-methyl/N-ethyl adjacent to an activating group) is 1. The Kier molecular flexibility index (Phi) is 14.8. The van der Waals surface area contributed by atoms with Crippen molar-refractivity contribution in [3.8, 4) is 0 Å². The molecule has 1 aromatic heterocycles. The van der Waals surface area contributed by atoms with E-state index in [-0.39, 0.29) is 30.5 Å². The monoisotopic (exact) mass is 662 g/mol. The summed E-state index contributed by atoms with van der Waals surface area (Å²) >= 11 is 0. The minimum atomic E-state index is -1.43. The average Bonchev–Trinajstić information content (AvgIpc) is 3.02. The predicted molar refractivity (Wildman–Crippen MR) is 182 cm³/mol. The van der Waals surface area contributed by atoms with Gasteiger partial charge in [-0.2, -0.15) is 0 Å². The Labute approximate surface area is 283 Å². The van der Waals surface area contributed by atoms with Crippen molar-refractivity contribution < 1.29 is 33.6 Å². The van der Waals surface area contributed by atoms with Gasteiger partial charge in [0.25, 0.3) is 0 Å². The lowest BCUT2D eigenvalue weighted by atomic mass is 9.74. The van der Waals surface area contributed by atoms with Crippen LogP contribution in [0.5, 0.6) is 0 Å². The van der Waals surface area contributed by atoms with Crippen LogP contribution in [0.4, 0.5) is 0 Å². The summed E-state index contributed by atoms with van der Waals surface area (Å²) in [4.78, 5) is 38.6. The number of ketones is 1. The van der Waals surface area contributed by atoms with Gasteiger partial charge < -0.3 is 33.9 Å². The van der Waals surface area contributed by atoms with Crippen molar-refractivity contribution in [2.24, 2.45) is 17.3 Å². The van der Waals surface area contributed by atoms with E-state index in [0.29, 0.717) is 19.4 Å². The standard InChI is InChI=1S/C36H62N4O7/c1-25-23-36(6,44-10)32(47-33-30(41)29(38(7)8)22-26(2)46-33)27(3)31(42)35(4,5)34(43)45-21-20-40(18-11-17-39(9)24-25)19-14-28-12-15-37-16-13-28/h12-13,15-16,25-27,29-30,32-33,41H,11,14,17-24H2,1-10H3/t25-,26-,27+,29+,30-,32-,33+,36-/m1/s1. The molecule has 0 aromatic carbocycles. The lowest BCUT2D eigenvalue weighted by Gasteiger charge is -2.47. The zero-order valence-corrected chi connectivity index (χ0v) is 30.6. The number of Topliss-reactive ketones (excluding diaryl/α,β-unsaturated/α-hetero) is 1. The molecule has 0 amide bonds. The summed E-state index contributed by atoms with van der Waals surface area (Å²) in [7, 11) is 7.62. The molecular weight excluding hydrogens is 600 g/mol. The van der Waals surface area contributed by atoms with Crippen molar-refractivity contribution in [1.82, 2.24) is 19.7 Å². The summed E-state index contributed by atoms with van der Waals surface area (Å²) in [5, 5.41) is 11.4. The van der Waals surface area contributed by atoms with Gasteiger partial charge in [0.05, 0.1) is 17.8 Å². The molecule has 0 spiro atoms. The molecule has 2 fully saturated rings. The lowest BCUT2D eigenvalue weighted by Crippen LogP contribution is -2.59. The zero-order valence-electron chi connectivity index (χ0n) is 30.6. The zero-order chi connectivity index (χ0) is 34.9. The van der Waals surface area contributed by atoms with Crippen molar-refractivity contribution in [3.05, 3.63) is 30.1 Å². The van der Waals surface area contributed by atoms with Crippen LogP contribution in [0, 0.1) is 17.3 Å². The van der Waals surface area contributed by atoms with Crippen LogP contribution >= 0.6 is 0 Å². The van der Waals surface area contributed by atoms with E-state index in [2.05, 4.69) is 28.8 Å². The molecule has 0 unspecified atom stereocenters. The number of esters is 1. The van der Waals surface area contributed by atoms with Gasteiger partial charge in [-0.05, 0) is 111 Å². The molecule has 0 aliphatic carbocycles. The van der Waals surface area contributed by atoms with E-state index in [1.54, 1.807) is 40.3 Å². The Morgan fingerprint density at radius 2 is 1.77 bits per heavy atom. The molecule has 8 atom stereocenters. The lowest BCUT2D eigenvalue weighted by molar-refractivity contribution is -0.295. The molecular formula is C36H62N4O7. The van der Waals surface area contributed by atoms with E-state index in [0.717, 1.165) is 39.0 Å². The van der Waals surface area contributed by atoms with Crippen LogP contribution in [0.2, 0.25) is 0 Å². The molecule has 0 saturated carbocycles. The highest BCUT2D eigenvalue weighted by Gasteiger charge is 2.51. The number of cyclic esters (lactones) is 1. The first kappa shape index (κ1) is 39.4. The van der Waals surface area contributed by atoms with Crippen molar-refractivity contribution in [3.63, 3.8) is 0 Å². The summed E-state index contributed by atoms with van der Waals surface area (Å²) < 4.78 is 24.8. The fraction of sp³-hybridized carbons (Fsp3) is 0.806. The van der Waals surface area contributed by atoms with E-state index in [1.807, 2.05) is 45.0 Å². The summed E-state index contributed by atoms with van der Waals surface area (Å²) in [6.07, 6.45) is 3.81. The van der Waals surface area contributed by atoms with Gasteiger partial charge >= 0.3 is 5.97 Å². The van der Waals surface area contributed by atoms with Crippen molar-refractivity contribution >= 4 is 11.8 Å². The number of pyridine rings is 1. The van der Waals surface area contributed by atoms with Crippen LogP contribution in [-0.4, -0.2) is 140 Å². The number of aliphatic hydroxyl groups excluding tert-OH is 1. The smallest absolute Gasteiger partial charge is 0.319 e. The van der Waals surface area contributed by atoms with E-state index < -0.39 is 41.4 Å². The van der Waals surface area contributed by atoms with Crippen LogP contribution in [0.15, 0.2) is 24.5 Å². The van der Waals surface area contributed by atoms with Crippen molar-refractivity contribution in [2.75, 3.05) is 67.6 Å². The van der Waals surface area contributed by atoms with Gasteiger partial charge in [0, 0.05) is 51.1 Å². The molecule has 11 heteroatoms. The van der Waals surface area contributed by atoms with Crippen LogP contribution in [0.1, 0.15) is 66.4 Å². The average molecular weight is 663 g/mol. The van der Waals surface area contributed by atoms with Crippen molar-refractivity contribution in [1.29, 1.82) is 0 Å². The molecule has 2 saturated heterocycles. The first-order valence-corrected chi connectivity index (χ1v) is 17.3. The maximum Gasteiger partial charge on any atom is 0.319 e. The minimum Gasteiger partial charge on any atom is -0.464 e. The quantitative estimate of drug-likeness (QED) is 0.343. The third-order valence-corrected chi connectivity index (χ3v) is 10.1. The Balaban J connectivity index is 1.89. The van der Waals surface area contributed by atoms with E-state index in [1.165, 1.54) is 5.56 Å². The van der Waals surface area contributed by atoms with E-state index >= 15 is 0 Å². The van der Waals surface area contributed by atoms with Gasteiger partial charge in [0.15, 0.2) is 12.1 Å². The number of hydrogen-bond acceptors (Lipinski definition) is 11. The molecule has 0 radical (unpaired) electrons. The summed E-state index contributed by atoms with van der Waals surface area (Å²) in [5.41, 5.74) is -1.14. The van der Waals surface area contributed by atoms with Gasteiger partial charge in [0.1, 0.15) is 18.1 Å². The van der Waals surface area contributed by atoms with Crippen LogP contribution < -0.4 is 0 Å². The van der Waals surface area contributed by atoms with Gasteiger partial charge in [-0.25, -0.2) is 0 Å². The maximum absolute atomic E-state index is 14.3. The van der Waals surface area contributed by atoms with E-state index in [9.17, 15) is 14.7 Å². The Bertz CT molecular complexity index is 1120. The highest BCUT2D eigenvalue weighted by molar-refractivity contribution is 6.04. The third kappa shape index (κ3) is 10.7. The molecule has 2 aliphatic rings. The highest BCUT2D eigenvalue weighted by atomic mass is 16.7. The number of carbonyl (C=O) groups excluding carboxylic acids is 2. The fourth-order valence-corrected chi connectivity index (χ4v) is 7.28. The van der Waals surface area contributed by atoms with Gasteiger partial charge in [0.2, 0.25) is 0 Å². The number of aromatic nitrogens is 1. The number of carbonyl (C=O) groups is 2. The van der Waals surface area contributed by atoms with E-state index in [4.69, 9.17) is 18.9 Å². The fourth-order valence-electron chi connectivity index (χ4n) is 7.28. The molecule has 11 nitrogen and oxygen atoms in total. The largest absolute Gasteiger partial charge is 0.464 e. The second-order valence-corrected chi connectivity index (χ2v) is 14.9. The molecule has 0 bridgehead atoms. The maximum atomic E-state index is 14.3. The minimum absolute atomic E-state index is 0.158. The highest BCUT2D eigenvalue weighted by Crippen LogP contribution is 2.38. The van der Waals surface area contributed by atoms with Crippen LogP contribution in [-0.2, 0) is 35.0 Å². The molecule has 1 aromatic rings. The van der Waals surface area contributed by atoms with Crippen molar-refractivity contribution in [2.45, 2.75) is 103 Å². The summed E-state index contributed by atoms with van der Waals surface area (Å²) in [6.45, 7) is 15.3. The topological polar surface area (TPSA) is 114 Å². The third-order valence-electron chi connectivity index (χ3n) is 10.1. The molecule has 3 heterocycles. The SMILES string of the molecule is CO[C@]1(C)C[C@@H](C)CN(C)CCCN(CCc2ccncc2)CCOC(=O)C(C)(C)C(=O)[C@H](C)[C@H]1O[C@@H]1O[C@H](C)C[C@H](N(C)C)[C@H]1O.